The second-order valence-electron chi connectivity index (χ2n) is 6.63. The topological polar surface area (TPSA) is 81.5 Å². The summed E-state index contributed by atoms with van der Waals surface area (Å²) in [4.78, 5) is 10.2. The van der Waals surface area contributed by atoms with Crippen LogP contribution in [0.3, 0.4) is 0 Å². The van der Waals surface area contributed by atoms with Crippen LogP contribution in [-0.2, 0) is 0 Å². The van der Waals surface area contributed by atoms with Gasteiger partial charge in [0, 0.05) is 16.7 Å². The Balaban J connectivity index is 1.34. The van der Waals surface area contributed by atoms with Gasteiger partial charge in [-0.05, 0) is 32.1 Å². The Morgan fingerprint density at radius 1 is 1.29 bits per heavy atom. The van der Waals surface area contributed by atoms with Crippen molar-refractivity contribution in [3.63, 3.8) is 0 Å². The van der Waals surface area contributed by atoms with Crippen molar-refractivity contribution in [2.75, 3.05) is 23.9 Å². The van der Waals surface area contributed by atoms with Crippen molar-refractivity contribution in [3.05, 3.63) is 41.4 Å². The number of benzene rings is 1. The molecular formula is C19H21N5O2S2. The number of aliphatic imine (C=N–C) groups is 1. The van der Waals surface area contributed by atoms with E-state index in [-0.39, 0.29) is 17.5 Å². The number of thiazole rings is 1. The second-order valence-corrected chi connectivity index (χ2v) is 8.71. The van der Waals surface area contributed by atoms with Gasteiger partial charge in [0.25, 0.3) is 6.20 Å². The van der Waals surface area contributed by atoms with E-state index in [1.165, 1.54) is 35.1 Å². The summed E-state index contributed by atoms with van der Waals surface area (Å²) in [5, 5.41) is 20.2. The monoisotopic (exact) mass is 415 g/mol. The highest BCUT2D eigenvalue weighted by molar-refractivity contribution is 8.01. The van der Waals surface area contributed by atoms with Gasteiger partial charge in [-0.3, -0.25) is 4.52 Å². The summed E-state index contributed by atoms with van der Waals surface area (Å²) >= 11 is 2.92. The second kappa shape index (κ2) is 8.74. The molecule has 9 heteroatoms. The molecule has 1 aromatic carbocycles. The summed E-state index contributed by atoms with van der Waals surface area (Å²) in [5.74, 6) is 0.181. The molecule has 0 atom stereocenters. The first-order valence-corrected chi connectivity index (χ1v) is 11.1. The van der Waals surface area contributed by atoms with Gasteiger partial charge in [0.1, 0.15) is 0 Å². The number of hydrogen-bond acceptors (Lipinski definition) is 8. The average molecular weight is 416 g/mol. The van der Waals surface area contributed by atoms with E-state index in [1.807, 2.05) is 5.38 Å². The Hall–Kier alpha value is -2.39. The molecule has 0 unspecified atom stereocenters. The Bertz CT molecular complexity index is 945. The van der Waals surface area contributed by atoms with Crippen LogP contribution in [0.1, 0.15) is 24.8 Å². The van der Waals surface area contributed by atoms with Gasteiger partial charge in [-0.1, -0.05) is 41.6 Å². The zero-order valence-electron chi connectivity index (χ0n) is 15.6. The maximum absolute atomic E-state index is 12.2. The highest BCUT2D eigenvalue weighted by atomic mass is 32.2. The van der Waals surface area contributed by atoms with Crippen LogP contribution in [0.25, 0.3) is 11.3 Å². The lowest BCUT2D eigenvalue weighted by atomic mass is 10.1. The molecule has 1 saturated heterocycles. The fourth-order valence-electron chi connectivity index (χ4n) is 2.95. The fraction of sp³-hybridized carbons (Fsp3) is 0.368. The molecule has 1 aliphatic heterocycles. The van der Waals surface area contributed by atoms with E-state index >= 15 is 0 Å². The summed E-state index contributed by atoms with van der Waals surface area (Å²) in [7, 11) is 0. The molecule has 28 heavy (non-hydrogen) atoms. The summed E-state index contributed by atoms with van der Waals surface area (Å²) < 4.78 is 6.02. The minimum Gasteiger partial charge on any atom is -0.861 e. The average Bonchev–Trinajstić information content (AvgIpc) is 3.37. The number of thioether (sulfide) groups is 1. The van der Waals surface area contributed by atoms with Crippen molar-refractivity contribution in [1.29, 1.82) is 0 Å². The summed E-state index contributed by atoms with van der Waals surface area (Å²) in [6, 6.07) is 8.25. The van der Waals surface area contributed by atoms with E-state index < -0.39 is 0 Å². The smallest absolute Gasteiger partial charge is 0.324 e. The molecule has 1 aliphatic rings. The molecular weight excluding hydrogens is 394 g/mol. The Morgan fingerprint density at radius 2 is 2.07 bits per heavy atom. The normalized spacial score (nSPS) is 15.2. The molecule has 0 aliphatic carbocycles. The van der Waals surface area contributed by atoms with Gasteiger partial charge in [0.05, 0.1) is 23.6 Å². The van der Waals surface area contributed by atoms with Crippen LogP contribution in [0.2, 0.25) is 0 Å². The van der Waals surface area contributed by atoms with Crippen LogP contribution in [0, 0.1) is 6.92 Å². The number of hydrogen-bond donors (Lipinski definition) is 0. The standard InChI is InChI=1S/C19H21N5O2S2/c1-14-5-7-15(8-6-14)16-12-27-19(20-16)28-13-17(25)21-18-11-24(22-26-18)23-9-3-2-4-10-23/h5-8,11-12H,2-4,9-10,13H2,1H3. The van der Waals surface area contributed by atoms with Crippen molar-refractivity contribution >= 4 is 34.9 Å². The summed E-state index contributed by atoms with van der Waals surface area (Å²) in [6.07, 6.45) is 5.18. The maximum atomic E-state index is 12.2. The molecule has 0 spiro atoms. The fourth-order valence-corrected chi connectivity index (χ4v) is 4.57. The Morgan fingerprint density at radius 3 is 2.86 bits per heavy atom. The van der Waals surface area contributed by atoms with E-state index in [1.54, 1.807) is 11.0 Å². The Labute approximate surface area is 171 Å². The molecule has 146 valence electrons. The maximum Gasteiger partial charge on any atom is 0.324 e. The summed E-state index contributed by atoms with van der Waals surface area (Å²) in [6.45, 7) is 3.94. The van der Waals surface area contributed by atoms with E-state index in [0.717, 1.165) is 41.5 Å². The van der Waals surface area contributed by atoms with Gasteiger partial charge in [-0.15, -0.1) is 11.3 Å². The lowest BCUT2D eigenvalue weighted by Gasteiger charge is -2.17. The number of rotatable bonds is 6. The molecule has 0 saturated carbocycles. The molecule has 1 fully saturated rings. The first kappa shape index (κ1) is 18.9. The van der Waals surface area contributed by atoms with Crippen molar-refractivity contribution in [2.24, 2.45) is 4.99 Å². The molecule has 3 aromatic rings. The molecule has 0 bridgehead atoms. The predicted molar refractivity (Wildman–Crippen MR) is 109 cm³/mol. The van der Waals surface area contributed by atoms with Crippen molar-refractivity contribution < 1.29 is 14.4 Å². The number of aromatic nitrogens is 3. The Kier molecular flexibility index (Phi) is 5.92. The first-order valence-electron chi connectivity index (χ1n) is 9.21. The number of piperidine rings is 1. The first-order chi connectivity index (χ1) is 13.7. The molecule has 0 N–H and O–H groups in total. The molecule has 2 aromatic heterocycles. The quantitative estimate of drug-likeness (QED) is 0.266. The van der Waals surface area contributed by atoms with E-state index in [0.29, 0.717) is 0 Å². The third kappa shape index (κ3) is 4.71. The minimum atomic E-state index is -0.265. The van der Waals surface area contributed by atoms with Gasteiger partial charge in [-0.2, -0.15) is 5.01 Å². The lowest BCUT2D eigenvalue weighted by Crippen LogP contribution is -2.60. The third-order valence-corrected chi connectivity index (χ3v) is 6.46. The van der Waals surface area contributed by atoms with Crippen molar-refractivity contribution in [2.45, 2.75) is 30.5 Å². The molecule has 7 nitrogen and oxygen atoms in total. The van der Waals surface area contributed by atoms with E-state index in [4.69, 9.17) is 4.52 Å². The van der Waals surface area contributed by atoms with Gasteiger partial charge in [0.2, 0.25) is 5.27 Å². The van der Waals surface area contributed by atoms with E-state index in [2.05, 4.69) is 51.4 Å². The SMILES string of the molecule is Cc1ccc(-c2csc(SC/C([O-])=N/c3c[n+](N4CCCCC4)no3)n2)cc1. The molecule has 0 amide bonds. The largest absolute Gasteiger partial charge is 0.861 e. The van der Waals surface area contributed by atoms with Crippen molar-refractivity contribution in [1.82, 2.24) is 10.3 Å². The van der Waals surface area contributed by atoms with Crippen LogP contribution in [0.5, 0.6) is 0 Å². The third-order valence-electron chi connectivity index (χ3n) is 4.45. The summed E-state index contributed by atoms with van der Waals surface area (Å²) in [5.41, 5.74) is 3.22. The van der Waals surface area contributed by atoms with Crippen LogP contribution in [0.4, 0.5) is 5.88 Å². The molecule has 4 rings (SSSR count). The van der Waals surface area contributed by atoms with Gasteiger partial charge in [-0.25, -0.2) is 9.98 Å². The van der Waals surface area contributed by atoms with E-state index in [9.17, 15) is 5.11 Å². The van der Waals surface area contributed by atoms with Gasteiger partial charge >= 0.3 is 5.88 Å². The molecule has 0 radical (unpaired) electrons. The van der Waals surface area contributed by atoms with Crippen LogP contribution < -0.4 is 14.9 Å². The predicted octanol–water partition coefficient (Wildman–Crippen LogP) is 2.70. The zero-order valence-corrected chi connectivity index (χ0v) is 17.2. The van der Waals surface area contributed by atoms with Gasteiger partial charge < -0.3 is 5.11 Å². The highest BCUT2D eigenvalue weighted by Gasteiger charge is 2.22. The van der Waals surface area contributed by atoms with Crippen LogP contribution >= 0.6 is 23.1 Å². The van der Waals surface area contributed by atoms with Crippen LogP contribution in [0.15, 0.2) is 49.7 Å². The number of nitrogens with zero attached hydrogens (tertiary/aromatic N) is 5. The van der Waals surface area contributed by atoms with Crippen molar-refractivity contribution in [3.8, 4) is 11.3 Å². The highest BCUT2D eigenvalue weighted by Crippen LogP contribution is 2.28. The minimum absolute atomic E-state index is 0.214. The van der Waals surface area contributed by atoms with Crippen LogP contribution in [-0.4, -0.2) is 35.0 Å². The van der Waals surface area contributed by atoms with Gasteiger partial charge in [0.15, 0.2) is 4.34 Å². The lowest BCUT2D eigenvalue weighted by molar-refractivity contribution is -0.759. The zero-order chi connectivity index (χ0) is 19.3. The molecule has 3 heterocycles. The number of aryl methyl sites for hydroxylation is 1.